The van der Waals surface area contributed by atoms with Gasteiger partial charge in [0.1, 0.15) is 21.9 Å². The first-order chi connectivity index (χ1) is 11.7. The third kappa shape index (κ3) is 3.10. The lowest BCUT2D eigenvalue weighted by atomic mass is 9.99. The van der Waals surface area contributed by atoms with Gasteiger partial charge in [-0.2, -0.15) is 0 Å². The highest BCUT2D eigenvalue weighted by Gasteiger charge is 2.27. The van der Waals surface area contributed by atoms with E-state index < -0.39 is 0 Å². The molecule has 1 fully saturated rings. The van der Waals surface area contributed by atoms with E-state index in [0.29, 0.717) is 11.5 Å². The van der Waals surface area contributed by atoms with E-state index in [1.807, 2.05) is 6.92 Å². The minimum absolute atomic E-state index is 0.173. The molecule has 3 heterocycles. The number of piperidine rings is 1. The summed E-state index contributed by atoms with van der Waals surface area (Å²) in [6.07, 6.45) is 5.64. The Bertz CT molecular complexity index is 729. The zero-order valence-corrected chi connectivity index (χ0v) is 14.9. The second-order valence-electron chi connectivity index (χ2n) is 6.01. The van der Waals surface area contributed by atoms with Gasteiger partial charge in [-0.05, 0) is 45.1 Å². The summed E-state index contributed by atoms with van der Waals surface area (Å²) in [5.41, 5.74) is 0.886. The number of carbonyl (C=O) groups excluding carboxylic acids is 1. The summed E-state index contributed by atoms with van der Waals surface area (Å²) in [4.78, 5) is 24.8. The van der Waals surface area contributed by atoms with E-state index in [4.69, 9.17) is 4.74 Å². The molecule has 7 heteroatoms. The van der Waals surface area contributed by atoms with Crippen molar-refractivity contribution in [3.05, 3.63) is 16.8 Å². The van der Waals surface area contributed by atoms with Crippen LogP contribution in [0.5, 0.6) is 0 Å². The van der Waals surface area contributed by atoms with Crippen molar-refractivity contribution in [2.45, 2.75) is 45.6 Å². The lowest BCUT2D eigenvalue weighted by Gasteiger charge is -2.36. The Balaban J connectivity index is 2.06. The lowest BCUT2D eigenvalue weighted by Crippen LogP contribution is -2.40. The van der Waals surface area contributed by atoms with Gasteiger partial charge in [0.15, 0.2) is 0 Å². The van der Waals surface area contributed by atoms with E-state index >= 15 is 0 Å². The van der Waals surface area contributed by atoms with E-state index in [1.54, 1.807) is 13.3 Å². The molecule has 6 nitrogen and oxygen atoms in total. The number of aliphatic hydroxyl groups excluding tert-OH is 1. The number of ether oxygens (including phenoxy) is 1. The summed E-state index contributed by atoms with van der Waals surface area (Å²) in [6, 6.07) is 0.284. The smallest absolute Gasteiger partial charge is 0.348 e. The van der Waals surface area contributed by atoms with Crippen LogP contribution in [0.4, 0.5) is 5.82 Å². The van der Waals surface area contributed by atoms with Gasteiger partial charge in [-0.1, -0.05) is 0 Å². The first kappa shape index (κ1) is 17.1. The molecule has 0 aliphatic carbocycles. The third-order valence-corrected chi connectivity index (χ3v) is 5.71. The van der Waals surface area contributed by atoms with Crippen LogP contribution in [0.3, 0.4) is 0 Å². The fraction of sp³-hybridized carbons (Fsp3) is 0.588. The first-order valence-electron chi connectivity index (χ1n) is 8.46. The standard InChI is InChI=1S/C17H23N3O3S/c1-3-23-17(22)14-11(2)13-15(18-10-19-16(13)24-14)20-8-5-4-6-12(20)7-9-21/h10,12,21H,3-9H2,1-2H3. The van der Waals surface area contributed by atoms with Gasteiger partial charge in [0.2, 0.25) is 0 Å². The van der Waals surface area contributed by atoms with Crippen LogP contribution in [0.15, 0.2) is 6.33 Å². The van der Waals surface area contributed by atoms with Gasteiger partial charge in [-0.25, -0.2) is 14.8 Å². The van der Waals surface area contributed by atoms with Crippen molar-refractivity contribution in [3.8, 4) is 0 Å². The molecular formula is C17H23N3O3S. The quantitative estimate of drug-likeness (QED) is 0.837. The van der Waals surface area contributed by atoms with Crippen LogP contribution < -0.4 is 4.90 Å². The third-order valence-electron chi connectivity index (χ3n) is 4.53. The summed E-state index contributed by atoms with van der Waals surface area (Å²) in [5, 5.41) is 10.3. The van der Waals surface area contributed by atoms with E-state index in [9.17, 15) is 9.90 Å². The Morgan fingerprint density at radius 3 is 3.04 bits per heavy atom. The Hall–Kier alpha value is -1.73. The fourth-order valence-electron chi connectivity index (χ4n) is 3.39. The fourth-order valence-corrected chi connectivity index (χ4v) is 4.43. The highest BCUT2D eigenvalue weighted by Crippen LogP contribution is 2.37. The number of aliphatic hydroxyl groups is 1. The van der Waals surface area contributed by atoms with Crippen LogP contribution in [0.25, 0.3) is 10.2 Å². The molecule has 0 saturated carbocycles. The predicted octanol–water partition coefficient (Wildman–Crippen LogP) is 2.92. The Labute approximate surface area is 145 Å². The average molecular weight is 349 g/mol. The highest BCUT2D eigenvalue weighted by atomic mass is 32.1. The molecule has 0 spiro atoms. The number of anilines is 1. The van der Waals surface area contributed by atoms with E-state index in [1.165, 1.54) is 17.8 Å². The van der Waals surface area contributed by atoms with Crippen molar-refractivity contribution >= 4 is 33.3 Å². The summed E-state index contributed by atoms with van der Waals surface area (Å²) in [5.74, 6) is 0.581. The molecule has 0 aromatic carbocycles. The number of thiophene rings is 1. The number of aryl methyl sites for hydroxylation is 1. The summed E-state index contributed by atoms with van der Waals surface area (Å²) in [7, 11) is 0. The van der Waals surface area contributed by atoms with Gasteiger partial charge in [0.05, 0.1) is 12.0 Å². The number of hydrogen-bond acceptors (Lipinski definition) is 7. The molecule has 1 atom stereocenters. The molecule has 0 radical (unpaired) electrons. The number of rotatable bonds is 5. The molecule has 1 N–H and O–H groups in total. The van der Waals surface area contributed by atoms with E-state index in [0.717, 1.165) is 47.4 Å². The van der Waals surface area contributed by atoms with Crippen molar-refractivity contribution in [1.82, 2.24) is 9.97 Å². The Kier molecular flexibility index (Phi) is 5.30. The lowest BCUT2D eigenvalue weighted by molar-refractivity contribution is 0.0531. The zero-order chi connectivity index (χ0) is 17.1. The maximum Gasteiger partial charge on any atom is 0.348 e. The zero-order valence-electron chi connectivity index (χ0n) is 14.1. The van der Waals surface area contributed by atoms with Crippen LogP contribution in [0.2, 0.25) is 0 Å². The van der Waals surface area contributed by atoms with E-state index in [-0.39, 0.29) is 18.6 Å². The van der Waals surface area contributed by atoms with Crippen molar-refractivity contribution in [1.29, 1.82) is 0 Å². The Morgan fingerprint density at radius 2 is 2.29 bits per heavy atom. The number of fused-ring (bicyclic) bond motifs is 1. The number of esters is 1. The second-order valence-corrected chi connectivity index (χ2v) is 7.01. The van der Waals surface area contributed by atoms with Gasteiger partial charge >= 0.3 is 5.97 Å². The minimum atomic E-state index is -0.297. The number of aromatic nitrogens is 2. The molecular weight excluding hydrogens is 326 g/mol. The van der Waals surface area contributed by atoms with Crippen LogP contribution in [0, 0.1) is 6.92 Å². The second kappa shape index (κ2) is 7.44. The SMILES string of the molecule is CCOC(=O)c1sc2ncnc(N3CCCCC3CCO)c2c1C. The molecule has 24 heavy (non-hydrogen) atoms. The number of hydrogen-bond donors (Lipinski definition) is 1. The number of carbonyl (C=O) groups is 1. The van der Waals surface area contributed by atoms with Crippen molar-refractivity contribution < 1.29 is 14.6 Å². The van der Waals surface area contributed by atoms with Crippen molar-refractivity contribution in [2.24, 2.45) is 0 Å². The first-order valence-corrected chi connectivity index (χ1v) is 9.27. The van der Waals surface area contributed by atoms with E-state index in [2.05, 4.69) is 14.9 Å². The van der Waals surface area contributed by atoms with Gasteiger partial charge in [-0.15, -0.1) is 11.3 Å². The maximum atomic E-state index is 12.2. The molecule has 1 aliphatic rings. The van der Waals surface area contributed by atoms with Crippen LogP contribution in [-0.4, -0.2) is 46.8 Å². The van der Waals surface area contributed by atoms with Crippen molar-refractivity contribution in [3.63, 3.8) is 0 Å². The van der Waals surface area contributed by atoms with Gasteiger partial charge in [0, 0.05) is 19.2 Å². The maximum absolute atomic E-state index is 12.2. The van der Waals surface area contributed by atoms with Crippen LogP contribution >= 0.6 is 11.3 Å². The topological polar surface area (TPSA) is 75.5 Å². The summed E-state index contributed by atoms with van der Waals surface area (Å²) >= 11 is 1.36. The molecule has 1 saturated heterocycles. The molecule has 0 amide bonds. The summed E-state index contributed by atoms with van der Waals surface area (Å²) in [6.45, 7) is 5.19. The van der Waals surface area contributed by atoms with Gasteiger partial charge < -0.3 is 14.7 Å². The highest BCUT2D eigenvalue weighted by molar-refractivity contribution is 7.20. The molecule has 1 aliphatic heterocycles. The molecule has 3 rings (SSSR count). The molecule has 2 aromatic heterocycles. The minimum Gasteiger partial charge on any atom is -0.462 e. The van der Waals surface area contributed by atoms with Gasteiger partial charge in [-0.3, -0.25) is 0 Å². The van der Waals surface area contributed by atoms with Crippen molar-refractivity contribution in [2.75, 3.05) is 24.7 Å². The van der Waals surface area contributed by atoms with Gasteiger partial charge in [0.25, 0.3) is 0 Å². The average Bonchev–Trinajstić information content (AvgIpc) is 2.93. The Morgan fingerprint density at radius 1 is 1.46 bits per heavy atom. The molecule has 1 unspecified atom stereocenters. The molecule has 0 bridgehead atoms. The number of nitrogens with zero attached hydrogens (tertiary/aromatic N) is 3. The summed E-state index contributed by atoms with van der Waals surface area (Å²) < 4.78 is 5.16. The molecule has 130 valence electrons. The van der Waals surface area contributed by atoms with Crippen LogP contribution in [0.1, 0.15) is 47.8 Å². The van der Waals surface area contributed by atoms with Crippen LogP contribution in [-0.2, 0) is 4.74 Å². The monoisotopic (exact) mass is 349 g/mol. The predicted molar refractivity (Wildman–Crippen MR) is 94.8 cm³/mol. The molecule has 2 aromatic rings. The normalized spacial score (nSPS) is 18.1. The largest absolute Gasteiger partial charge is 0.462 e.